The summed E-state index contributed by atoms with van der Waals surface area (Å²) < 4.78 is 2.52. The number of hydrogen-bond acceptors (Lipinski definition) is 12. The van der Waals surface area contributed by atoms with Crippen LogP contribution >= 0.6 is 168 Å². The summed E-state index contributed by atoms with van der Waals surface area (Å²) in [6.07, 6.45) is 50.3. The number of thiophene rings is 12. The van der Waals surface area contributed by atoms with E-state index in [4.69, 9.17) is 0 Å². The van der Waals surface area contributed by atoms with Crippen LogP contribution in [0.2, 0.25) is 0 Å². The van der Waals surface area contributed by atoms with E-state index in [1.165, 1.54) is 344 Å². The summed E-state index contributed by atoms with van der Waals surface area (Å²) >= 11 is 32.4. The largest absolute Gasteiger partial charge is 0.134 e. The second kappa shape index (κ2) is 45.3. The van der Waals surface area contributed by atoms with Crippen LogP contribution in [-0.2, 0) is 51.4 Å². The molecule has 0 aromatic carbocycles. The van der Waals surface area contributed by atoms with Gasteiger partial charge in [-0.05, 0) is 276 Å². The summed E-state index contributed by atoms with van der Waals surface area (Å²) in [6.45, 7) is 18.7. The van der Waals surface area contributed by atoms with Crippen molar-refractivity contribution >= 4 is 168 Å². The van der Waals surface area contributed by atoms with Gasteiger partial charge in [0.25, 0.3) is 0 Å². The van der Waals surface area contributed by atoms with Gasteiger partial charge in [-0.1, -0.05) is 209 Å². The summed E-state index contributed by atoms with van der Waals surface area (Å²) in [5.41, 5.74) is 12.4. The highest BCUT2D eigenvalue weighted by Crippen LogP contribution is 2.55. The molecule has 12 aromatic heterocycles. The van der Waals surface area contributed by atoms with E-state index in [-0.39, 0.29) is 0 Å². The van der Waals surface area contributed by atoms with Gasteiger partial charge in [0.1, 0.15) is 0 Å². The maximum absolute atomic E-state index is 3.93. The molecule has 110 heavy (non-hydrogen) atoms. The lowest BCUT2D eigenvalue weighted by Gasteiger charge is -2.02. The standard InChI is InChI=1S/C96H120Br2S12/c1-9-17-25-33-41-65-57-81(103-93(65)83-59-67(43-35-27-19-11-3)89(105-83)77-53-49-73(99-77)75-51-55-79(101-75)91-69(45-37-29-21-13-5)61-85(107-91)95-71(63-87(97)109-95)47-39-31-23-15-7)82-58-66(42-34-26-18-10-2)94(104-82)84-60-68(44-36-28-20-12-4)90(106-84)78-54-50-74(100-78)76-52-56-80(102-76)92-70(46-38-30-22-14-6)62-86(108-92)96-72(64-88(98)110-96)48-40-32-24-16-8/h49-64H,9-48H2,1-8H3. The van der Waals surface area contributed by atoms with Crippen molar-refractivity contribution in [2.24, 2.45) is 0 Å². The summed E-state index contributed by atoms with van der Waals surface area (Å²) in [6, 6.07) is 40.4. The molecule has 14 heteroatoms. The molecule has 12 rings (SSSR count). The Balaban J connectivity index is 0.854. The predicted octanol–water partition coefficient (Wildman–Crippen LogP) is 39.3. The zero-order chi connectivity index (χ0) is 76.6. The molecule has 0 saturated carbocycles. The number of rotatable bonds is 51. The van der Waals surface area contributed by atoms with E-state index in [0.29, 0.717) is 0 Å². The van der Waals surface area contributed by atoms with E-state index < -0.39 is 0 Å². The zero-order valence-corrected chi connectivity index (χ0v) is 80.1. The van der Waals surface area contributed by atoms with E-state index in [1.54, 1.807) is 33.4 Å². The molecule has 0 amide bonds. The van der Waals surface area contributed by atoms with Crippen LogP contribution in [0.15, 0.2) is 105 Å². The summed E-state index contributed by atoms with van der Waals surface area (Å²) in [5, 5.41) is 0. The van der Waals surface area contributed by atoms with Gasteiger partial charge in [-0.2, -0.15) is 0 Å². The summed E-state index contributed by atoms with van der Waals surface area (Å²) in [4.78, 5) is 32.2. The van der Waals surface area contributed by atoms with Crippen molar-refractivity contribution in [2.45, 2.75) is 312 Å². The van der Waals surface area contributed by atoms with E-state index >= 15 is 0 Å². The Kier molecular flexibility index (Phi) is 35.7. The van der Waals surface area contributed by atoms with Gasteiger partial charge in [0.15, 0.2) is 0 Å². The molecule has 590 valence electrons. The third-order valence-corrected chi connectivity index (χ3v) is 38.5. The molecule has 0 atom stereocenters. The van der Waals surface area contributed by atoms with Crippen molar-refractivity contribution in [2.75, 3.05) is 0 Å². The minimum atomic E-state index is 1.14. The van der Waals surface area contributed by atoms with Crippen LogP contribution in [0.25, 0.3) is 107 Å². The van der Waals surface area contributed by atoms with E-state index in [0.717, 1.165) is 38.5 Å². The molecule has 12 heterocycles. The molecule has 12 aromatic rings. The maximum Gasteiger partial charge on any atom is 0.0708 e. The highest BCUT2D eigenvalue weighted by molar-refractivity contribution is 9.11. The Morgan fingerprint density at radius 3 is 0.536 bits per heavy atom. The molecular formula is C96H120Br2S12. The molecule has 0 aliphatic carbocycles. The molecule has 0 spiro atoms. The summed E-state index contributed by atoms with van der Waals surface area (Å²) in [7, 11) is 0. The molecule has 0 radical (unpaired) electrons. The highest BCUT2D eigenvalue weighted by Gasteiger charge is 2.27. The van der Waals surface area contributed by atoms with Crippen LogP contribution in [0.1, 0.15) is 305 Å². The van der Waals surface area contributed by atoms with Crippen molar-refractivity contribution in [1.29, 1.82) is 0 Å². The van der Waals surface area contributed by atoms with Gasteiger partial charge in [-0.25, -0.2) is 0 Å². The van der Waals surface area contributed by atoms with Crippen molar-refractivity contribution in [3.63, 3.8) is 0 Å². The number of unbranched alkanes of at least 4 members (excludes halogenated alkanes) is 24. The quantitative estimate of drug-likeness (QED) is 0.0333. The van der Waals surface area contributed by atoms with Crippen LogP contribution in [0.4, 0.5) is 0 Å². The van der Waals surface area contributed by atoms with Crippen LogP contribution in [0.3, 0.4) is 0 Å². The monoisotopic (exact) mass is 1810 g/mol. The highest BCUT2D eigenvalue weighted by atomic mass is 79.9. The van der Waals surface area contributed by atoms with Crippen molar-refractivity contribution < 1.29 is 0 Å². The minimum absolute atomic E-state index is 1.14. The van der Waals surface area contributed by atoms with Gasteiger partial charge in [0.2, 0.25) is 0 Å². The summed E-state index contributed by atoms with van der Waals surface area (Å²) in [5.74, 6) is 0. The fourth-order valence-electron chi connectivity index (χ4n) is 15.5. The Labute approximate surface area is 728 Å². The molecular weight excluding hydrogens is 1700 g/mol. The van der Waals surface area contributed by atoms with Crippen LogP contribution in [-0.4, -0.2) is 0 Å². The smallest absolute Gasteiger partial charge is 0.0708 e. The Bertz CT molecular complexity index is 4400. The van der Waals surface area contributed by atoms with Crippen LogP contribution in [0, 0.1) is 0 Å². The van der Waals surface area contributed by atoms with E-state index in [1.807, 2.05) is 68.0 Å². The average molecular weight is 1820 g/mol. The molecule has 0 saturated heterocycles. The lowest BCUT2D eigenvalue weighted by Crippen LogP contribution is -1.86. The molecule has 0 bridgehead atoms. The molecule has 0 nitrogen and oxygen atoms in total. The van der Waals surface area contributed by atoms with E-state index in [2.05, 4.69) is 252 Å². The number of aryl methyl sites for hydroxylation is 8. The van der Waals surface area contributed by atoms with Gasteiger partial charge in [0.05, 0.1) is 7.57 Å². The Hall–Kier alpha value is -2.64. The fraction of sp³-hybridized carbons (Fsp3) is 0.500. The molecule has 0 aliphatic heterocycles. The first-order valence-electron chi connectivity index (χ1n) is 42.8. The lowest BCUT2D eigenvalue weighted by molar-refractivity contribution is 0.667. The van der Waals surface area contributed by atoms with Gasteiger partial charge >= 0.3 is 0 Å². The molecule has 0 N–H and O–H groups in total. The molecule has 0 unspecified atom stereocenters. The topological polar surface area (TPSA) is 0 Å². The molecule has 0 aliphatic rings. The average Bonchev–Trinajstić information content (AvgIpc) is 1.62. The van der Waals surface area contributed by atoms with Crippen molar-refractivity contribution in [1.82, 2.24) is 0 Å². The third kappa shape index (κ3) is 23.4. The second-order valence-corrected chi connectivity index (χ2v) is 46.3. The first-order chi connectivity index (χ1) is 54.0. The first-order valence-corrected chi connectivity index (χ1v) is 54.2. The van der Waals surface area contributed by atoms with Crippen molar-refractivity contribution in [3.8, 4) is 107 Å². The predicted molar refractivity (Wildman–Crippen MR) is 519 cm³/mol. The van der Waals surface area contributed by atoms with Crippen LogP contribution in [0.5, 0.6) is 0 Å². The van der Waals surface area contributed by atoms with E-state index in [9.17, 15) is 0 Å². The Morgan fingerprint density at radius 2 is 0.327 bits per heavy atom. The fourth-order valence-corrected chi connectivity index (χ4v) is 31.6. The Morgan fingerprint density at radius 1 is 0.164 bits per heavy atom. The first kappa shape index (κ1) is 86.7. The second-order valence-electron chi connectivity index (χ2n) is 30.7. The SMILES string of the molecule is CCCCCCc1cc(Br)sc1-c1cc(CCCCCC)c(-c2ccc(-c3ccc(-c4sc(-c5sc(-c6cc(CCCCCC)c(-c7cc(CCCCCC)c(-c8ccc(-c9ccc(-c%10sc(-c%11sc(Br)cc%11CCCCCC)cc%10CCCCCC)s9)s8)s7)s6)cc5CCCCCC)cc4CCCCCC)s3)s2)s1. The van der Waals surface area contributed by atoms with Gasteiger partial charge in [-0.3, -0.25) is 0 Å². The van der Waals surface area contributed by atoms with Crippen molar-refractivity contribution in [3.05, 3.63) is 149 Å². The lowest BCUT2D eigenvalue weighted by atomic mass is 10.0. The minimum Gasteiger partial charge on any atom is -0.134 e. The zero-order valence-electron chi connectivity index (χ0n) is 67.2. The van der Waals surface area contributed by atoms with Gasteiger partial charge in [-0.15, -0.1) is 136 Å². The third-order valence-electron chi connectivity index (χ3n) is 21.8. The number of halogens is 2. The maximum atomic E-state index is 3.93. The normalized spacial score (nSPS) is 11.9. The molecule has 0 fully saturated rings. The number of hydrogen-bond donors (Lipinski definition) is 0. The van der Waals surface area contributed by atoms with Gasteiger partial charge < -0.3 is 0 Å². The van der Waals surface area contributed by atoms with Crippen LogP contribution < -0.4 is 0 Å². The van der Waals surface area contributed by atoms with Gasteiger partial charge in [0, 0.05) is 107 Å².